The summed E-state index contributed by atoms with van der Waals surface area (Å²) in [5.74, 6) is -4.49. The third-order valence-electron chi connectivity index (χ3n) is 5.05. The Morgan fingerprint density at radius 2 is 1.38 bits per heavy atom. The van der Waals surface area contributed by atoms with Gasteiger partial charge in [0.15, 0.2) is 0 Å². The number of amides is 3. The zero-order valence-corrected chi connectivity index (χ0v) is 19.1. The fraction of sp³-hybridized carbons (Fsp3) is 0.762. The normalized spacial score (nSPS) is 18.6. The van der Waals surface area contributed by atoms with Crippen molar-refractivity contribution in [1.29, 1.82) is 0 Å². The van der Waals surface area contributed by atoms with E-state index in [1.807, 2.05) is 13.8 Å². The highest BCUT2D eigenvalue weighted by molar-refractivity contribution is 5.95. The molecule has 32 heavy (non-hydrogen) atoms. The van der Waals surface area contributed by atoms with Crippen LogP contribution in [-0.2, 0) is 24.0 Å². The van der Waals surface area contributed by atoms with E-state index < -0.39 is 54.3 Å². The van der Waals surface area contributed by atoms with E-state index in [4.69, 9.17) is 0 Å². The Bertz CT molecular complexity index is 690. The Hall–Kier alpha value is -2.69. The third-order valence-corrected chi connectivity index (χ3v) is 5.05. The van der Waals surface area contributed by atoms with E-state index in [1.165, 1.54) is 0 Å². The van der Waals surface area contributed by atoms with Crippen LogP contribution in [0.1, 0.15) is 59.8 Å². The minimum atomic E-state index is -1.48. The highest BCUT2D eigenvalue weighted by atomic mass is 16.4. The topological polar surface area (TPSA) is 174 Å². The zero-order chi connectivity index (χ0) is 24.4. The first kappa shape index (κ1) is 27.3. The van der Waals surface area contributed by atoms with Crippen LogP contribution >= 0.6 is 0 Å². The van der Waals surface area contributed by atoms with E-state index in [-0.39, 0.29) is 30.6 Å². The SMILES string of the molecule is CC(C)CC(NC(=O)C(CC(=O)O)NC(=O)C(CC(C)C)NC(=O)C1CCCN1)C(=O)O. The van der Waals surface area contributed by atoms with Crippen LogP contribution in [0, 0.1) is 11.8 Å². The molecule has 0 aliphatic carbocycles. The van der Waals surface area contributed by atoms with Crippen LogP contribution in [-0.4, -0.2) is 70.6 Å². The van der Waals surface area contributed by atoms with E-state index in [0.29, 0.717) is 13.0 Å². The number of hydrogen-bond acceptors (Lipinski definition) is 6. The highest BCUT2D eigenvalue weighted by Gasteiger charge is 2.32. The smallest absolute Gasteiger partial charge is 0.326 e. The second-order valence-electron chi connectivity index (χ2n) is 9.03. The fourth-order valence-electron chi connectivity index (χ4n) is 3.50. The van der Waals surface area contributed by atoms with E-state index >= 15 is 0 Å². The molecule has 1 fully saturated rings. The molecule has 1 rings (SSSR count). The highest BCUT2D eigenvalue weighted by Crippen LogP contribution is 2.10. The maximum atomic E-state index is 12.9. The lowest BCUT2D eigenvalue weighted by Gasteiger charge is -2.25. The minimum absolute atomic E-state index is 0.0289. The first-order valence-corrected chi connectivity index (χ1v) is 11.0. The molecule has 3 amide bonds. The molecule has 1 aliphatic heterocycles. The van der Waals surface area contributed by atoms with Gasteiger partial charge in [-0.15, -0.1) is 0 Å². The molecule has 0 aromatic carbocycles. The van der Waals surface area contributed by atoms with Gasteiger partial charge in [-0.2, -0.15) is 0 Å². The molecule has 11 nitrogen and oxygen atoms in total. The molecule has 4 atom stereocenters. The van der Waals surface area contributed by atoms with Crippen molar-refractivity contribution in [2.75, 3.05) is 6.54 Å². The van der Waals surface area contributed by atoms with Gasteiger partial charge in [-0.05, 0) is 44.1 Å². The fourth-order valence-corrected chi connectivity index (χ4v) is 3.50. The van der Waals surface area contributed by atoms with Gasteiger partial charge >= 0.3 is 11.9 Å². The number of rotatable bonds is 13. The Kier molecular flexibility index (Phi) is 11.1. The lowest BCUT2D eigenvalue weighted by Crippen LogP contribution is -2.57. The molecule has 1 saturated heterocycles. The molecule has 0 radical (unpaired) electrons. The molecule has 0 aromatic rings. The summed E-state index contributed by atoms with van der Waals surface area (Å²) < 4.78 is 0. The molecular formula is C21H36N4O7. The van der Waals surface area contributed by atoms with Gasteiger partial charge in [-0.1, -0.05) is 27.7 Å². The zero-order valence-electron chi connectivity index (χ0n) is 19.1. The van der Waals surface area contributed by atoms with Crippen molar-refractivity contribution in [3.63, 3.8) is 0 Å². The Morgan fingerprint density at radius 3 is 1.84 bits per heavy atom. The summed E-state index contributed by atoms with van der Waals surface area (Å²) in [7, 11) is 0. The average Bonchev–Trinajstić information content (AvgIpc) is 3.20. The maximum absolute atomic E-state index is 12.9. The van der Waals surface area contributed by atoms with Gasteiger partial charge in [0.25, 0.3) is 0 Å². The van der Waals surface area contributed by atoms with Crippen LogP contribution in [0.15, 0.2) is 0 Å². The molecule has 0 bridgehead atoms. The molecule has 182 valence electrons. The summed E-state index contributed by atoms with van der Waals surface area (Å²) in [5, 5.41) is 28.9. The Morgan fingerprint density at radius 1 is 0.844 bits per heavy atom. The predicted octanol–water partition coefficient (Wildman–Crippen LogP) is -0.156. The van der Waals surface area contributed by atoms with Crippen molar-refractivity contribution in [1.82, 2.24) is 21.3 Å². The van der Waals surface area contributed by atoms with Gasteiger partial charge in [0.05, 0.1) is 12.5 Å². The number of carboxylic acid groups (broad SMARTS) is 2. The Labute approximate surface area is 188 Å². The van der Waals surface area contributed by atoms with Gasteiger partial charge in [-0.25, -0.2) is 4.79 Å². The van der Waals surface area contributed by atoms with E-state index in [2.05, 4.69) is 21.3 Å². The van der Waals surface area contributed by atoms with E-state index in [0.717, 1.165) is 6.42 Å². The molecule has 0 saturated carbocycles. The van der Waals surface area contributed by atoms with Gasteiger partial charge in [0.1, 0.15) is 18.1 Å². The van der Waals surface area contributed by atoms with Crippen LogP contribution in [0.4, 0.5) is 0 Å². The number of aliphatic carboxylic acids is 2. The number of carbonyl (C=O) groups excluding carboxylic acids is 3. The third kappa shape index (κ3) is 9.63. The lowest BCUT2D eigenvalue weighted by atomic mass is 10.0. The minimum Gasteiger partial charge on any atom is -0.481 e. The van der Waals surface area contributed by atoms with Crippen molar-refractivity contribution in [2.24, 2.45) is 11.8 Å². The summed E-state index contributed by atoms with van der Waals surface area (Å²) in [6, 6.07) is -4.05. The summed E-state index contributed by atoms with van der Waals surface area (Å²) in [5.41, 5.74) is 0. The molecule has 0 spiro atoms. The van der Waals surface area contributed by atoms with Crippen molar-refractivity contribution in [3.05, 3.63) is 0 Å². The molecule has 4 unspecified atom stereocenters. The molecule has 6 N–H and O–H groups in total. The predicted molar refractivity (Wildman–Crippen MR) is 116 cm³/mol. The Balaban J connectivity index is 2.92. The molecule has 1 heterocycles. The number of carbonyl (C=O) groups is 5. The maximum Gasteiger partial charge on any atom is 0.326 e. The van der Waals surface area contributed by atoms with Gasteiger partial charge in [0, 0.05) is 0 Å². The second-order valence-corrected chi connectivity index (χ2v) is 9.03. The molecule has 0 aromatic heterocycles. The first-order chi connectivity index (χ1) is 14.9. The standard InChI is InChI=1S/C21H36N4O7/c1-11(2)8-14(23-18(28)13-6-5-7-22-13)19(29)24-15(10-17(26)27)20(30)25-16(21(31)32)9-12(3)4/h11-16,22H,5-10H2,1-4H3,(H,23,28)(H,24,29)(H,25,30)(H,26,27)(H,31,32). The van der Waals surface area contributed by atoms with Gasteiger partial charge in [-0.3, -0.25) is 19.2 Å². The van der Waals surface area contributed by atoms with Crippen molar-refractivity contribution >= 4 is 29.7 Å². The van der Waals surface area contributed by atoms with Crippen LogP contribution in [0.5, 0.6) is 0 Å². The summed E-state index contributed by atoms with van der Waals surface area (Å²) >= 11 is 0. The average molecular weight is 457 g/mol. The van der Waals surface area contributed by atoms with Crippen LogP contribution in [0.3, 0.4) is 0 Å². The summed E-state index contributed by atoms with van der Waals surface area (Å²) in [4.78, 5) is 60.7. The molecule has 11 heteroatoms. The lowest BCUT2D eigenvalue weighted by molar-refractivity contribution is -0.144. The van der Waals surface area contributed by atoms with E-state index in [9.17, 15) is 34.2 Å². The van der Waals surface area contributed by atoms with Gasteiger partial charge in [0.2, 0.25) is 17.7 Å². The number of hydrogen-bond donors (Lipinski definition) is 6. The van der Waals surface area contributed by atoms with Gasteiger partial charge < -0.3 is 31.5 Å². The van der Waals surface area contributed by atoms with E-state index in [1.54, 1.807) is 13.8 Å². The second kappa shape index (κ2) is 13.0. The summed E-state index contributed by atoms with van der Waals surface area (Å²) in [6.45, 7) is 8.02. The van der Waals surface area contributed by atoms with Crippen LogP contribution < -0.4 is 21.3 Å². The molecule has 1 aliphatic rings. The van der Waals surface area contributed by atoms with Crippen molar-refractivity contribution in [2.45, 2.75) is 84.0 Å². The van der Waals surface area contributed by atoms with Crippen LogP contribution in [0.2, 0.25) is 0 Å². The first-order valence-electron chi connectivity index (χ1n) is 11.0. The number of nitrogens with one attached hydrogen (secondary N) is 4. The molecular weight excluding hydrogens is 420 g/mol. The monoisotopic (exact) mass is 456 g/mol. The number of carboxylic acids is 2. The van der Waals surface area contributed by atoms with Crippen molar-refractivity contribution in [3.8, 4) is 0 Å². The largest absolute Gasteiger partial charge is 0.481 e. The van der Waals surface area contributed by atoms with Crippen molar-refractivity contribution < 1.29 is 34.2 Å². The quantitative estimate of drug-likeness (QED) is 0.222. The summed E-state index contributed by atoms with van der Waals surface area (Å²) in [6.07, 6.45) is 1.21. The van der Waals surface area contributed by atoms with Crippen LogP contribution in [0.25, 0.3) is 0 Å².